The Balaban J connectivity index is 1.67. The van der Waals surface area contributed by atoms with Gasteiger partial charge in [0.1, 0.15) is 17.1 Å². The monoisotopic (exact) mass is 566 g/mol. The predicted molar refractivity (Wildman–Crippen MR) is 147 cm³/mol. The van der Waals surface area contributed by atoms with E-state index in [1.807, 2.05) is 36.4 Å². The number of ether oxygens (including phenoxy) is 2. The molecule has 0 aromatic heterocycles. The lowest BCUT2D eigenvalue weighted by atomic mass is 9.95. The fourth-order valence-corrected chi connectivity index (χ4v) is 5.23. The van der Waals surface area contributed by atoms with Crippen molar-refractivity contribution >= 4 is 33.5 Å². The second-order valence-electron chi connectivity index (χ2n) is 9.01. The Morgan fingerprint density at radius 1 is 1.00 bits per heavy atom. The number of carbonyl (C=O) groups excluding carboxylic acids is 1. The summed E-state index contributed by atoms with van der Waals surface area (Å²) < 4.78 is 11.1. The number of amides is 1. The summed E-state index contributed by atoms with van der Waals surface area (Å²) in [4.78, 5) is 27.4. The van der Waals surface area contributed by atoms with E-state index in [0.29, 0.717) is 10.0 Å². The molecule has 1 unspecified atom stereocenters. The number of nitrogens with zero attached hydrogens (tertiary/aromatic N) is 1. The Hall–Kier alpha value is -3.52. The van der Waals surface area contributed by atoms with Gasteiger partial charge in [0.2, 0.25) is 5.91 Å². The van der Waals surface area contributed by atoms with E-state index in [0.717, 1.165) is 48.5 Å². The molecule has 2 N–H and O–H groups in total. The molecule has 1 aliphatic rings. The third kappa shape index (κ3) is 6.25. The average Bonchev–Trinajstić information content (AvgIpc) is 2.93. The average molecular weight is 567 g/mol. The van der Waals surface area contributed by atoms with Crippen molar-refractivity contribution in [3.8, 4) is 11.5 Å². The fraction of sp³-hybridized carbons (Fsp3) is 0.310. The smallest absolute Gasteiger partial charge is 0.339 e. The maximum absolute atomic E-state index is 13.4. The number of benzene rings is 3. The Labute approximate surface area is 225 Å². The van der Waals surface area contributed by atoms with Gasteiger partial charge in [-0.15, -0.1) is 0 Å². The number of rotatable bonds is 9. The van der Waals surface area contributed by atoms with Crippen LogP contribution in [0.5, 0.6) is 11.5 Å². The highest BCUT2D eigenvalue weighted by Crippen LogP contribution is 2.34. The van der Waals surface area contributed by atoms with Gasteiger partial charge in [0.15, 0.2) is 0 Å². The van der Waals surface area contributed by atoms with Crippen LogP contribution in [0.1, 0.15) is 52.4 Å². The number of hydrogen-bond acceptors (Lipinski definition) is 5. The Bertz CT molecular complexity index is 1260. The van der Waals surface area contributed by atoms with E-state index in [2.05, 4.69) is 38.3 Å². The number of carboxylic acids is 1. The Kier molecular flexibility index (Phi) is 8.71. The van der Waals surface area contributed by atoms with Gasteiger partial charge in [-0.25, -0.2) is 4.79 Å². The Morgan fingerprint density at radius 2 is 1.70 bits per heavy atom. The van der Waals surface area contributed by atoms with E-state index in [4.69, 9.17) is 9.47 Å². The molecule has 0 aliphatic carbocycles. The van der Waals surface area contributed by atoms with Crippen LogP contribution in [0.2, 0.25) is 0 Å². The van der Waals surface area contributed by atoms with Crippen LogP contribution >= 0.6 is 15.9 Å². The minimum atomic E-state index is -1.09. The normalized spacial score (nSPS) is 14.1. The van der Waals surface area contributed by atoms with E-state index in [-0.39, 0.29) is 29.7 Å². The summed E-state index contributed by atoms with van der Waals surface area (Å²) >= 11 is 3.42. The first kappa shape index (κ1) is 26.5. The van der Waals surface area contributed by atoms with Crippen LogP contribution in [-0.2, 0) is 11.2 Å². The Morgan fingerprint density at radius 3 is 2.35 bits per heavy atom. The van der Waals surface area contributed by atoms with Crippen LogP contribution in [0, 0.1) is 0 Å². The van der Waals surface area contributed by atoms with Gasteiger partial charge >= 0.3 is 5.97 Å². The molecule has 0 bridgehead atoms. The van der Waals surface area contributed by atoms with E-state index < -0.39 is 5.97 Å². The molecule has 37 heavy (non-hydrogen) atoms. The lowest BCUT2D eigenvalue weighted by Gasteiger charge is -2.33. The van der Waals surface area contributed by atoms with Crippen molar-refractivity contribution in [3.63, 3.8) is 0 Å². The number of hydrogen-bond donors (Lipinski definition) is 2. The van der Waals surface area contributed by atoms with Gasteiger partial charge < -0.3 is 24.8 Å². The number of aromatic carboxylic acids is 1. The maximum atomic E-state index is 13.4. The summed E-state index contributed by atoms with van der Waals surface area (Å²) in [6, 6.07) is 18.6. The highest BCUT2D eigenvalue weighted by atomic mass is 79.9. The second-order valence-corrected chi connectivity index (χ2v) is 9.86. The topological polar surface area (TPSA) is 88.1 Å². The molecule has 1 heterocycles. The molecule has 0 spiro atoms. The molecule has 1 aliphatic heterocycles. The predicted octanol–water partition coefficient (Wildman–Crippen LogP) is 5.60. The standard InChI is InChI=1S/C29H31BrN2O5/c1-36-21-12-10-19(11-13-21)28(22-8-4-5-9-25(22)32-14-6-3-7-15-32)31-27(33)17-20-16-26(37-2)23(29(34)35)18-24(20)30/h4-5,8-13,16,18,28H,3,6-7,14-15,17H2,1-2H3,(H,31,33)(H,34,35). The summed E-state index contributed by atoms with van der Waals surface area (Å²) in [5.41, 5.74) is 3.76. The van der Waals surface area contributed by atoms with Crippen molar-refractivity contribution in [1.82, 2.24) is 5.32 Å². The van der Waals surface area contributed by atoms with Gasteiger partial charge in [0.05, 0.1) is 26.7 Å². The van der Waals surface area contributed by atoms with Crippen LogP contribution in [0.4, 0.5) is 5.69 Å². The largest absolute Gasteiger partial charge is 0.497 e. The molecule has 7 nitrogen and oxygen atoms in total. The number of nitrogens with one attached hydrogen (secondary N) is 1. The molecule has 3 aromatic carbocycles. The molecule has 4 rings (SSSR count). The van der Waals surface area contributed by atoms with Crippen molar-refractivity contribution in [2.24, 2.45) is 0 Å². The van der Waals surface area contributed by atoms with E-state index in [1.165, 1.54) is 19.6 Å². The highest BCUT2D eigenvalue weighted by molar-refractivity contribution is 9.10. The van der Waals surface area contributed by atoms with Gasteiger partial charge in [-0.05, 0) is 60.7 Å². The number of carboxylic acid groups (broad SMARTS) is 1. The van der Waals surface area contributed by atoms with Crippen LogP contribution in [0.15, 0.2) is 65.1 Å². The molecular weight excluding hydrogens is 536 g/mol. The van der Waals surface area contributed by atoms with E-state index >= 15 is 0 Å². The molecule has 1 fully saturated rings. The summed E-state index contributed by atoms with van der Waals surface area (Å²) in [7, 11) is 3.04. The van der Waals surface area contributed by atoms with E-state index in [9.17, 15) is 14.7 Å². The summed E-state index contributed by atoms with van der Waals surface area (Å²) in [6.07, 6.45) is 3.58. The minimum absolute atomic E-state index is 0.0325. The molecule has 3 aromatic rings. The van der Waals surface area contributed by atoms with Crippen molar-refractivity contribution in [1.29, 1.82) is 0 Å². The number of carbonyl (C=O) groups is 2. The van der Waals surface area contributed by atoms with Crippen LogP contribution in [0.25, 0.3) is 0 Å². The molecule has 8 heteroatoms. The first-order valence-corrected chi connectivity index (χ1v) is 13.1. The fourth-order valence-electron chi connectivity index (χ4n) is 4.74. The third-order valence-corrected chi connectivity index (χ3v) is 7.39. The zero-order valence-corrected chi connectivity index (χ0v) is 22.6. The van der Waals surface area contributed by atoms with Crippen molar-refractivity contribution in [2.75, 3.05) is 32.2 Å². The van der Waals surface area contributed by atoms with Crippen molar-refractivity contribution in [3.05, 3.63) is 87.4 Å². The van der Waals surface area contributed by atoms with Gasteiger partial charge in [0.25, 0.3) is 0 Å². The van der Waals surface area contributed by atoms with Gasteiger partial charge in [-0.2, -0.15) is 0 Å². The molecule has 0 radical (unpaired) electrons. The maximum Gasteiger partial charge on any atom is 0.339 e. The molecule has 1 saturated heterocycles. The molecule has 194 valence electrons. The van der Waals surface area contributed by atoms with Crippen molar-refractivity contribution in [2.45, 2.75) is 31.7 Å². The molecule has 0 saturated carbocycles. The molecule has 1 amide bonds. The minimum Gasteiger partial charge on any atom is -0.497 e. The summed E-state index contributed by atoms with van der Waals surface area (Å²) in [5.74, 6) is -0.337. The van der Waals surface area contributed by atoms with Gasteiger partial charge in [0, 0.05) is 28.8 Å². The molecular formula is C29H31BrN2O5. The van der Waals surface area contributed by atoms with E-state index in [1.54, 1.807) is 13.2 Å². The lowest BCUT2D eigenvalue weighted by Crippen LogP contribution is -2.34. The van der Waals surface area contributed by atoms with Crippen LogP contribution in [-0.4, -0.2) is 44.3 Å². The second kappa shape index (κ2) is 12.1. The van der Waals surface area contributed by atoms with Crippen molar-refractivity contribution < 1.29 is 24.2 Å². The SMILES string of the molecule is COc1ccc(C(NC(=O)Cc2cc(OC)c(C(=O)O)cc2Br)c2ccccc2N2CCCCC2)cc1. The lowest BCUT2D eigenvalue weighted by molar-refractivity contribution is -0.120. The zero-order valence-electron chi connectivity index (χ0n) is 21.0. The number of anilines is 1. The zero-order chi connectivity index (χ0) is 26.4. The van der Waals surface area contributed by atoms with Gasteiger partial charge in [-0.3, -0.25) is 4.79 Å². The number of para-hydroxylation sites is 1. The number of methoxy groups -OCH3 is 2. The van der Waals surface area contributed by atoms with Crippen LogP contribution in [0.3, 0.4) is 0 Å². The third-order valence-electron chi connectivity index (χ3n) is 6.65. The van der Waals surface area contributed by atoms with Gasteiger partial charge in [-0.1, -0.05) is 46.3 Å². The summed E-state index contributed by atoms with van der Waals surface area (Å²) in [6.45, 7) is 1.98. The summed E-state index contributed by atoms with van der Waals surface area (Å²) in [5, 5.41) is 12.7. The molecule has 1 atom stereocenters. The first-order chi connectivity index (χ1) is 17.9. The number of piperidine rings is 1. The quantitative estimate of drug-likeness (QED) is 0.350. The first-order valence-electron chi connectivity index (χ1n) is 12.3. The number of halogens is 1. The highest BCUT2D eigenvalue weighted by Gasteiger charge is 2.24. The van der Waals surface area contributed by atoms with Crippen LogP contribution < -0.4 is 19.7 Å².